The maximum absolute atomic E-state index is 13.4. The lowest BCUT2D eigenvalue weighted by atomic mass is 9.98. The van der Waals surface area contributed by atoms with Crippen molar-refractivity contribution in [1.82, 2.24) is 5.32 Å². The van der Waals surface area contributed by atoms with Gasteiger partial charge in [-0.2, -0.15) is 0 Å². The van der Waals surface area contributed by atoms with E-state index in [2.05, 4.69) is 10.6 Å². The van der Waals surface area contributed by atoms with Crippen LogP contribution in [0.2, 0.25) is 0 Å². The van der Waals surface area contributed by atoms with E-state index >= 15 is 0 Å². The number of hydrogen-bond donors (Lipinski definition) is 2. The summed E-state index contributed by atoms with van der Waals surface area (Å²) in [6, 6.07) is 3.33. The smallest absolute Gasteiger partial charge is 0.170 e. The summed E-state index contributed by atoms with van der Waals surface area (Å²) in [7, 11) is 0. The summed E-state index contributed by atoms with van der Waals surface area (Å²) in [5.74, 6) is -1.27. The Hall–Kier alpha value is -1.27. The summed E-state index contributed by atoms with van der Waals surface area (Å²) in [6.07, 6.45) is 7.42. The predicted molar refractivity (Wildman–Crippen MR) is 88.0 cm³/mol. The minimum absolute atomic E-state index is 0.164. The highest BCUT2D eigenvalue weighted by atomic mass is 32.1. The Kier molecular flexibility index (Phi) is 6.99. The van der Waals surface area contributed by atoms with Crippen molar-refractivity contribution in [3.63, 3.8) is 0 Å². The molecule has 0 atom stereocenters. The fourth-order valence-electron chi connectivity index (χ4n) is 2.51. The maximum Gasteiger partial charge on any atom is 0.170 e. The third-order valence-corrected chi connectivity index (χ3v) is 3.94. The largest absolute Gasteiger partial charge is 0.378 e. The highest BCUT2D eigenvalue weighted by molar-refractivity contribution is 7.80. The number of nitrogens with one attached hydrogen (secondary N) is 2. The van der Waals surface area contributed by atoms with Crippen LogP contribution in [0.25, 0.3) is 0 Å². The first-order valence-corrected chi connectivity index (χ1v) is 8.17. The second-order valence-electron chi connectivity index (χ2n) is 5.49. The van der Waals surface area contributed by atoms with Crippen molar-refractivity contribution in [3.05, 3.63) is 29.8 Å². The number of halogens is 2. The number of thiocarbonyl (C=S) groups is 1. The molecule has 0 aromatic heterocycles. The van der Waals surface area contributed by atoms with Crippen LogP contribution in [0.1, 0.15) is 38.5 Å². The van der Waals surface area contributed by atoms with E-state index in [9.17, 15) is 8.78 Å². The maximum atomic E-state index is 13.4. The fraction of sp³-hybridized carbons (Fsp3) is 0.562. The lowest BCUT2D eigenvalue weighted by Crippen LogP contribution is -2.30. The highest BCUT2D eigenvalue weighted by Gasteiger charge is 2.13. The molecule has 1 aromatic carbocycles. The van der Waals surface area contributed by atoms with Crippen LogP contribution in [0, 0.1) is 11.6 Å². The summed E-state index contributed by atoms with van der Waals surface area (Å²) in [5, 5.41) is 6.03. The fourth-order valence-corrected chi connectivity index (χ4v) is 2.73. The van der Waals surface area contributed by atoms with Gasteiger partial charge in [-0.3, -0.25) is 0 Å². The van der Waals surface area contributed by atoms with E-state index in [4.69, 9.17) is 17.0 Å². The molecule has 0 radical (unpaired) electrons. The minimum atomic E-state index is -0.662. The van der Waals surface area contributed by atoms with Gasteiger partial charge < -0.3 is 15.4 Å². The molecule has 0 saturated heterocycles. The Morgan fingerprint density at radius 2 is 2.00 bits per heavy atom. The minimum Gasteiger partial charge on any atom is -0.378 e. The molecule has 122 valence electrons. The molecule has 1 fully saturated rings. The van der Waals surface area contributed by atoms with Crippen molar-refractivity contribution in [2.24, 2.45) is 0 Å². The van der Waals surface area contributed by atoms with Crippen molar-refractivity contribution < 1.29 is 13.5 Å². The molecular weight excluding hydrogens is 306 g/mol. The number of ether oxygens (including phenoxy) is 1. The summed E-state index contributed by atoms with van der Waals surface area (Å²) < 4.78 is 32.1. The van der Waals surface area contributed by atoms with Crippen molar-refractivity contribution in [2.45, 2.75) is 44.6 Å². The number of rotatable bonds is 6. The zero-order valence-electron chi connectivity index (χ0n) is 12.5. The molecule has 1 saturated carbocycles. The Labute approximate surface area is 135 Å². The molecule has 3 nitrogen and oxygen atoms in total. The number of benzene rings is 1. The molecule has 1 aliphatic carbocycles. The lowest BCUT2D eigenvalue weighted by Gasteiger charge is -2.22. The average Bonchev–Trinajstić information content (AvgIpc) is 2.51. The molecule has 0 amide bonds. The standard InChI is InChI=1S/C16H22F2N2OS/c17-12-7-8-15(14(18)11-12)20-16(22)19-9-4-10-21-13-5-2-1-3-6-13/h7-8,11,13H,1-6,9-10H2,(H2,19,20,22). The SMILES string of the molecule is Fc1ccc(NC(=S)NCCCOC2CCCCC2)c(F)c1. The van der Waals surface area contributed by atoms with Gasteiger partial charge in [0.05, 0.1) is 11.8 Å². The van der Waals surface area contributed by atoms with E-state index in [1.54, 1.807) is 0 Å². The second kappa shape index (κ2) is 9.00. The van der Waals surface area contributed by atoms with Gasteiger partial charge in [0.15, 0.2) is 5.11 Å². The molecule has 22 heavy (non-hydrogen) atoms. The molecule has 2 N–H and O–H groups in total. The van der Waals surface area contributed by atoms with Gasteiger partial charge in [0, 0.05) is 19.2 Å². The average molecular weight is 328 g/mol. The van der Waals surface area contributed by atoms with Crippen LogP contribution in [-0.2, 0) is 4.74 Å². The zero-order valence-corrected chi connectivity index (χ0v) is 13.4. The molecular formula is C16H22F2N2OS. The molecule has 6 heteroatoms. The first-order chi connectivity index (χ1) is 10.6. The predicted octanol–water partition coefficient (Wildman–Crippen LogP) is 3.99. The van der Waals surface area contributed by atoms with Crippen LogP contribution >= 0.6 is 12.2 Å². The highest BCUT2D eigenvalue weighted by Crippen LogP contribution is 2.20. The van der Waals surface area contributed by atoms with E-state index in [1.165, 1.54) is 31.4 Å². The number of anilines is 1. The van der Waals surface area contributed by atoms with Crippen molar-refractivity contribution in [2.75, 3.05) is 18.5 Å². The topological polar surface area (TPSA) is 33.3 Å². The summed E-state index contributed by atoms with van der Waals surface area (Å²) >= 11 is 5.08. The van der Waals surface area contributed by atoms with Crippen LogP contribution in [0.3, 0.4) is 0 Å². The van der Waals surface area contributed by atoms with Crippen LogP contribution in [-0.4, -0.2) is 24.4 Å². The molecule has 0 bridgehead atoms. The first kappa shape index (κ1) is 17.1. The molecule has 0 aliphatic heterocycles. The van der Waals surface area contributed by atoms with Gasteiger partial charge in [-0.05, 0) is 43.6 Å². The van der Waals surface area contributed by atoms with Crippen LogP contribution in [0.15, 0.2) is 18.2 Å². The third-order valence-electron chi connectivity index (χ3n) is 3.69. The molecule has 0 unspecified atom stereocenters. The zero-order chi connectivity index (χ0) is 15.8. The van der Waals surface area contributed by atoms with Gasteiger partial charge in [0.2, 0.25) is 0 Å². The summed E-state index contributed by atoms with van der Waals surface area (Å²) in [6.45, 7) is 1.35. The van der Waals surface area contributed by atoms with Gasteiger partial charge in [0.1, 0.15) is 11.6 Å². The van der Waals surface area contributed by atoms with Gasteiger partial charge in [0.25, 0.3) is 0 Å². The molecule has 1 aliphatic rings. The number of hydrogen-bond acceptors (Lipinski definition) is 2. The van der Waals surface area contributed by atoms with Gasteiger partial charge >= 0.3 is 0 Å². The van der Waals surface area contributed by atoms with Crippen molar-refractivity contribution >= 4 is 23.0 Å². The third kappa shape index (κ3) is 5.85. The molecule has 0 heterocycles. The monoisotopic (exact) mass is 328 g/mol. The van der Waals surface area contributed by atoms with E-state index < -0.39 is 11.6 Å². The molecule has 1 aromatic rings. The Morgan fingerprint density at radius 3 is 2.73 bits per heavy atom. The van der Waals surface area contributed by atoms with Gasteiger partial charge in [-0.1, -0.05) is 19.3 Å². The van der Waals surface area contributed by atoms with Gasteiger partial charge in [-0.25, -0.2) is 8.78 Å². The van der Waals surface area contributed by atoms with Crippen LogP contribution in [0.4, 0.5) is 14.5 Å². The van der Waals surface area contributed by atoms with E-state index in [0.717, 1.165) is 25.3 Å². The Morgan fingerprint density at radius 1 is 1.23 bits per heavy atom. The van der Waals surface area contributed by atoms with E-state index in [-0.39, 0.29) is 5.69 Å². The van der Waals surface area contributed by atoms with E-state index in [0.29, 0.717) is 24.4 Å². The Balaban J connectivity index is 1.59. The lowest BCUT2D eigenvalue weighted by molar-refractivity contribution is 0.0277. The summed E-state index contributed by atoms with van der Waals surface area (Å²) in [5.41, 5.74) is 0.164. The first-order valence-electron chi connectivity index (χ1n) is 7.76. The summed E-state index contributed by atoms with van der Waals surface area (Å²) in [4.78, 5) is 0. The van der Waals surface area contributed by atoms with Gasteiger partial charge in [-0.15, -0.1) is 0 Å². The molecule has 2 rings (SSSR count). The van der Waals surface area contributed by atoms with Crippen molar-refractivity contribution in [3.8, 4) is 0 Å². The molecule has 0 spiro atoms. The quantitative estimate of drug-likeness (QED) is 0.611. The van der Waals surface area contributed by atoms with Crippen LogP contribution < -0.4 is 10.6 Å². The van der Waals surface area contributed by atoms with Crippen molar-refractivity contribution in [1.29, 1.82) is 0 Å². The normalized spacial score (nSPS) is 15.5. The van der Waals surface area contributed by atoms with E-state index in [1.807, 2.05) is 0 Å². The Bertz CT molecular complexity index is 493. The second-order valence-corrected chi connectivity index (χ2v) is 5.90. The van der Waals surface area contributed by atoms with Crippen LogP contribution in [0.5, 0.6) is 0 Å².